The van der Waals surface area contributed by atoms with Gasteiger partial charge >= 0.3 is 0 Å². The molecule has 1 unspecified atom stereocenters. The number of hydrogen-bond acceptors (Lipinski definition) is 5. The van der Waals surface area contributed by atoms with Gasteiger partial charge < -0.3 is 14.9 Å². The molecule has 0 bridgehead atoms. The molecule has 4 rings (SSSR count). The Hall–Kier alpha value is -4.06. The number of aliphatic hydroxyl groups excluding tert-OH is 1. The van der Waals surface area contributed by atoms with Crippen molar-refractivity contribution >= 4 is 23.1 Å². The van der Waals surface area contributed by atoms with Crippen molar-refractivity contribution in [2.75, 3.05) is 11.5 Å². The maximum Gasteiger partial charge on any atom is 0.300 e. The summed E-state index contributed by atoms with van der Waals surface area (Å²) in [6, 6.07) is 16.2. The first-order valence-electron chi connectivity index (χ1n) is 12.0. The SMILES string of the molecule is Cc1ccc(N2C(=O)C(=O)/C(=C(/O)c3ccc(OCC(C)C)c(C)c3)C2c2cccc(O)c2)cc1C. The van der Waals surface area contributed by atoms with E-state index in [9.17, 15) is 19.8 Å². The van der Waals surface area contributed by atoms with E-state index in [0.29, 0.717) is 35.1 Å². The lowest BCUT2D eigenvalue weighted by Gasteiger charge is -2.26. The summed E-state index contributed by atoms with van der Waals surface area (Å²) >= 11 is 0. The monoisotopic (exact) mass is 485 g/mol. The van der Waals surface area contributed by atoms with Crippen LogP contribution in [-0.4, -0.2) is 28.5 Å². The van der Waals surface area contributed by atoms with Crippen LogP contribution in [0.3, 0.4) is 0 Å². The quantitative estimate of drug-likeness (QED) is 0.255. The Balaban J connectivity index is 1.87. The first-order valence-corrected chi connectivity index (χ1v) is 12.0. The van der Waals surface area contributed by atoms with Crippen LogP contribution in [0.2, 0.25) is 0 Å². The minimum Gasteiger partial charge on any atom is -0.508 e. The molecule has 1 fully saturated rings. The van der Waals surface area contributed by atoms with Gasteiger partial charge in [0.1, 0.15) is 17.3 Å². The number of amides is 1. The van der Waals surface area contributed by atoms with Crippen molar-refractivity contribution in [2.24, 2.45) is 5.92 Å². The Bertz CT molecular complexity index is 1370. The predicted molar refractivity (Wildman–Crippen MR) is 140 cm³/mol. The topological polar surface area (TPSA) is 87.1 Å². The van der Waals surface area contributed by atoms with Gasteiger partial charge in [-0.1, -0.05) is 32.0 Å². The number of ketones is 1. The number of anilines is 1. The Labute approximate surface area is 211 Å². The summed E-state index contributed by atoms with van der Waals surface area (Å²) in [5.41, 5.74) is 4.27. The Morgan fingerprint density at radius 3 is 2.33 bits per heavy atom. The molecule has 1 aliphatic rings. The lowest BCUT2D eigenvalue weighted by Crippen LogP contribution is -2.29. The second-order valence-electron chi connectivity index (χ2n) is 9.72. The van der Waals surface area contributed by atoms with Gasteiger partial charge in [-0.05, 0) is 91.4 Å². The molecule has 3 aromatic carbocycles. The van der Waals surface area contributed by atoms with Crippen molar-refractivity contribution < 1.29 is 24.5 Å². The molecule has 6 heteroatoms. The smallest absolute Gasteiger partial charge is 0.300 e. The highest BCUT2D eigenvalue weighted by atomic mass is 16.5. The average molecular weight is 486 g/mol. The molecule has 0 aliphatic carbocycles. The zero-order valence-electron chi connectivity index (χ0n) is 21.2. The molecule has 1 aliphatic heterocycles. The van der Waals surface area contributed by atoms with E-state index in [1.807, 2.05) is 32.9 Å². The van der Waals surface area contributed by atoms with Crippen molar-refractivity contribution in [3.8, 4) is 11.5 Å². The van der Waals surface area contributed by atoms with Crippen molar-refractivity contribution in [1.29, 1.82) is 0 Å². The number of phenolic OH excluding ortho intramolecular Hbond substituents is 1. The molecular formula is C30H31NO5. The Morgan fingerprint density at radius 1 is 0.944 bits per heavy atom. The van der Waals surface area contributed by atoms with Gasteiger partial charge in [0.2, 0.25) is 0 Å². The Kier molecular flexibility index (Phi) is 6.88. The van der Waals surface area contributed by atoms with Crippen LogP contribution in [-0.2, 0) is 9.59 Å². The molecule has 36 heavy (non-hydrogen) atoms. The van der Waals surface area contributed by atoms with Gasteiger partial charge in [-0.2, -0.15) is 0 Å². The highest BCUT2D eigenvalue weighted by Crippen LogP contribution is 2.43. The van der Waals surface area contributed by atoms with Crippen molar-refractivity contribution in [3.05, 3.63) is 94.1 Å². The van der Waals surface area contributed by atoms with Gasteiger partial charge in [0.25, 0.3) is 11.7 Å². The largest absolute Gasteiger partial charge is 0.508 e. The number of rotatable bonds is 6. The third-order valence-electron chi connectivity index (χ3n) is 6.42. The van der Waals surface area contributed by atoms with Crippen LogP contribution in [0.15, 0.2) is 66.2 Å². The molecule has 0 spiro atoms. The van der Waals surface area contributed by atoms with Crippen molar-refractivity contribution in [3.63, 3.8) is 0 Å². The summed E-state index contributed by atoms with van der Waals surface area (Å²) in [7, 11) is 0. The number of ether oxygens (including phenoxy) is 1. The summed E-state index contributed by atoms with van der Waals surface area (Å²) in [6.45, 7) is 10.5. The summed E-state index contributed by atoms with van der Waals surface area (Å²) in [5.74, 6) is -0.729. The standard InChI is InChI=1S/C30H31NO5/c1-17(2)16-36-25-12-10-22(13-20(25)5)28(33)26-27(21-7-6-8-24(32)15-21)31(30(35)29(26)34)23-11-9-18(3)19(4)14-23/h6-15,17,27,32-33H,16H2,1-5H3/b28-26+. The zero-order valence-corrected chi connectivity index (χ0v) is 21.2. The number of Topliss-reactive ketones (excluding diaryl/α,β-unsaturated/α-hetero) is 1. The van der Waals surface area contributed by atoms with E-state index < -0.39 is 17.7 Å². The average Bonchev–Trinajstić information content (AvgIpc) is 3.10. The number of benzene rings is 3. The molecule has 0 aromatic heterocycles. The molecule has 6 nitrogen and oxygen atoms in total. The third kappa shape index (κ3) is 4.71. The van der Waals surface area contributed by atoms with Gasteiger partial charge in [-0.3, -0.25) is 14.5 Å². The van der Waals surface area contributed by atoms with E-state index in [2.05, 4.69) is 13.8 Å². The lowest BCUT2D eigenvalue weighted by atomic mass is 9.94. The number of hydrogen-bond donors (Lipinski definition) is 2. The van der Waals surface area contributed by atoms with Gasteiger partial charge in [-0.15, -0.1) is 0 Å². The van der Waals surface area contributed by atoms with E-state index in [-0.39, 0.29) is 17.1 Å². The van der Waals surface area contributed by atoms with Crippen LogP contribution in [0.25, 0.3) is 5.76 Å². The summed E-state index contributed by atoms with van der Waals surface area (Å²) in [6.07, 6.45) is 0. The third-order valence-corrected chi connectivity index (χ3v) is 6.42. The number of aryl methyl sites for hydroxylation is 3. The number of phenols is 1. The fourth-order valence-corrected chi connectivity index (χ4v) is 4.36. The van der Waals surface area contributed by atoms with Gasteiger partial charge in [0.05, 0.1) is 18.2 Å². The van der Waals surface area contributed by atoms with Crippen molar-refractivity contribution in [1.82, 2.24) is 0 Å². The predicted octanol–water partition coefficient (Wildman–Crippen LogP) is 5.98. The second-order valence-corrected chi connectivity index (χ2v) is 9.72. The minimum atomic E-state index is -0.906. The van der Waals surface area contributed by atoms with Gasteiger partial charge in [0.15, 0.2) is 0 Å². The summed E-state index contributed by atoms with van der Waals surface area (Å²) in [4.78, 5) is 28.1. The number of aliphatic hydroxyl groups is 1. The highest BCUT2D eigenvalue weighted by Gasteiger charge is 2.47. The lowest BCUT2D eigenvalue weighted by molar-refractivity contribution is -0.132. The van der Waals surface area contributed by atoms with Gasteiger partial charge in [-0.25, -0.2) is 0 Å². The maximum absolute atomic E-state index is 13.4. The molecule has 1 amide bonds. The normalized spacial score (nSPS) is 17.2. The van der Waals surface area contributed by atoms with Crippen LogP contribution in [0.1, 0.15) is 47.7 Å². The van der Waals surface area contributed by atoms with Crippen LogP contribution in [0.5, 0.6) is 11.5 Å². The van der Waals surface area contributed by atoms with Crippen LogP contribution < -0.4 is 9.64 Å². The van der Waals surface area contributed by atoms with Crippen LogP contribution >= 0.6 is 0 Å². The fraction of sp³-hybridized carbons (Fsp3) is 0.267. The van der Waals surface area contributed by atoms with E-state index >= 15 is 0 Å². The molecule has 1 saturated heterocycles. The zero-order chi connectivity index (χ0) is 26.1. The first kappa shape index (κ1) is 25.0. The number of carbonyl (C=O) groups excluding carboxylic acids is 2. The molecule has 3 aromatic rings. The van der Waals surface area contributed by atoms with E-state index in [1.54, 1.807) is 36.4 Å². The van der Waals surface area contributed by atoms with Crippen molar-refractivity contribution in [2.45, 2.75) is 40.7 Å². The highest BCUT2D eigenvalue weighted by molar-refractivity contribution is 6.51. The first-order chi connectivity index (χ1) is 17.1. The molecule has 2 N–H and O–H groups in total. The van der Waals surface area contributed by atoms with E-state index in [0.717, 1.165) is 16.7 Å². The van der Waals surface area contributed by atoms with Crippen LogP contribution in [0.4, 0.5) is 5.69 Å². The maximum atomic E-state index is 13.4. The Morgan fingerprint density at radius 2 is 1.69 bits per heavy atom. The number of carbonyl (C=O) groups is 2. The summed E-state index contributed by atoms with van der Waals surface area (Å²) < 4.78 is 5.84. The molecule has 0 saturated carbocycles. The van der Waals surface area contributed by atoms with E-state index in [4.69, 9.17) is 4.74 Å². The molecule has 1 heterocycles. The fourth-order valence-electron chi connectivity index (χ4n) is 4.36. The molecule has 186 valence electrons. The van der Waals surface area contributed by atoms with Gasteiger partial charge in [0, 0.05) is 11.3 Å². The molecule has 0 radical (unpaired) electrons. The van der Waals surface area contributed by atoms with E-state index in [1.165, 1.54) is 17.0 Å². The summed E-state index contributed by atoms with van der Waals surface area (Å²) in [5, 5.41) is 21.5. The van der Waals surface area contributed by atoms with Crippen LogP contribution in [0, 0.1) is 26.7 Å². The minimum absolute atomic E-state index is 0.000623. The molecular weight excluding hydrogens is 454 g/mol. The molecule has 1 atom stereocenters. The number of aromatic hydroxyl groups is 1. The number of nitrogens with zero attached hydrogens (tertiary/aromatic N) is 1. The second kappa shape index (κ2) is 9.90.